The van der Waals surface area contributed by atoms with Gasteiger partial charge in [-0.25, -0.2) is 4.79 Å². The van der Waals surface area contributed by atoms with E-state index in [0.29, 0.717) is 11.1 Å². The summed E-state index contributed by atoms with van der Waals surface area (Å²) in [5, 5.41) is 38.7. The van der Waals surface area contributed by atoms with Crippen molar-refractivity contribution < 1.29 is 48.3 Å². The first-order valence-corrected chi connectivity index (χ1v) is 14.4. The van der Waals surface area contributed by atoms with Crippen LogP contribution in [0.5, 0.6) is 11.5 Å². The number of benzene rings is 1. The lowest BCUT2D eigenvalue weighted by molar-refractivity contribution is -0.112. The molecule has 3 rings (SSSR count). The molecule has 2 aromatic rings. The minimum atomic E-state index is -1.05. The summed E-state index contributed by atoms with van der Waals surface area (Å²) < 4.78 is 21.7. The number of carbonyl (C=O) groups excluding carboxylic acids is 3. The zero-order valence-electron chi connectivity index (χ0n) is 26.6. The van der Waals surface area contributed by atoms with Crippen molar-refractivity contribution in [2.24, 2.45) is 11.7 Å². The maximum absolute atomic E-state index is 13.1. The smallest absolute Gasteiger partial charge is 0.405 e. The fraction of sp³-hybridized carbons (Fsp3) is 0.364. The number of carbonyl (C=O) groups is 3. The van der Waals surface area contributed by atoms with Crippen LogP contribution in [0.3, 0.4) is 0 Å². The van der Waals surface area contributed by atoms with Crippen molar-refractivity contribution in [1.82, 2.24) is 0 Å². The monoisotopic (exact) mass is 639 g/mol. The largest absolute Gasteiger partial charge is 0.506 e. The van der Waals surface area contributed by atoms with E-state index in [4.69, 9.17) is 24.4 Å². The van der Waals surface area contributed by atoms with Crippen LogP contribution in [-0.4, -0.2) is 71.9 Å². The van der Waals surface area contributed by atoms with Crippen molar-refractivity contribution in [1.29, 1.82) is 0 Å². The number of phenols is 2. The highest BCUT2D eigenvalue weighted by molar-refractivity contribution is 6.08. The van der Waals surface area contributed by atoms with Gasteiger partial charge in [-0.2, -0.15) is 0 Å². The van der Waals surface area contributed by atoms with Gasteiger partial charge in [0.05, 0.1) is 29.8 Å². The number of furan rings is 1. The van der Waals surface area contributed by atoms with Gasteiger partial charge in [-0.1, -0.05) is 36.8 Å². The lowest BCUT2D eigenvalue weighted by Crippen LogP contribution is -2.36. The zero-order chi connectivity index (χ0) is 34.1. The van der Waals surface area contributed by atoms with Crippen LogP contribution in [0.1, 0.15) is 50.2 Å². The van der Waals surface area contributed by atoms with E-state index in [9.17, 15) is 29.7 Å². The molecule has 3 amide bonds. The summed E-state index contributed by atoms with van der Waals surface area (Å²) in [5.74, 6) is -2.72. The number of aliphatic hydroxyl groups is 1. The van der Waals surface area contributed by atoms with Crippen LogP contribution in [0.15, 0.2) is 69.9 Å². The molecule has 0 fully saturated rings. The van der Waals surface area contributed by atoms with Crippen LogP contribution in [0, 0.1) is 5.92 Å². The SMILES string of the molecule is CO[C@H]1C=CC=C(C)C(=O)Nc2cc(O)c(NC(=O)c3ccco3)c(c2O)C=C(C)C[C@H](OC)[C@H](O)[C@@H](C)C=C(C)[C@@H]1OC(N)=O. The van der Waals surface area contributed by atoms with E-state index >= 15 is 0 Å². The number of nitrogens with two attached hydrogens (primary N) is 1. The van der Waals surface area contributed by atoms with Gasteiger partial charge < -0.3 is 50.3 Å². The van der Waals surface area contributed by atoms with Crippen LogP contribution in [0.2, 0.25) is 0 Å². The average molecular weight is 640 g/mol. The summed E-state index contributed by atoms with van der Waals surface area (Å²) in [5.41, 5.74) is 6.42. The minimum Gasteiger partial charge on any atom is -0.506 e. The molecule has 5 atom stereocenters. The molecule has 2 heterocycles. The first kappa shape index (κ1) is 35.6. The summed E-state index contributed by atoms with van der Waals surface area (Å²) in [6.07, 6.45) is 4.70. The number of allylic oxidation sites excluding steroid dienone is 2. The number of fused-ring (bicyclic) bond motifs is 2. The van der Waals surface area contributed by atoms with E-state index in [2.05, 4.69) is 10.6 Å². The number of aromatic hydroxyl groups is 2. The summed E-state index contributed by atoms with van der Waals surface area (Å²) >= 11 is 0. The fourth-order valence-electron chi connectivity index (χ4n) is 4.99. The van der Waals surface area contributed by atoms with Gasteiger partial charge in [-0.05, 0) is 51.0 Å². The van der Waals surface area contributed by atoms with Gasteiger partial charge in [0.2, 0.25) is 0 Å². The lowest BCUT2D eigenvalue weighted by Gasteiger charge is -2.28. The molecule has 2 bridgehead atoms. The Morgan fingerprint density at radius 1 is 1.15 bits per heavy atom. The number of hydrogen-bond acceptors (Lipinski definition) is 10. The number of amides is 3. The van der Waals surface area contributed by atoms with Crippen LogP contribution < -0.4 is 16.4 Å². The molecule has 46 heavy (non-hydrogen) atoms. The van der Waals surface area contributed by atoms with Gasteiger partial charge in [0, 0.05) is 37.3 Å². The Kier molecular flexibility index (Phi) is 12.3. The number of primary amides is 1. The number of aliphatic hydroxyl groups excluding tert-OH is 1. The van der Waals surface area contributed by atoms with Crippen molar-refractivity contribution in [3.63, 3.8) is 0 Å². The molecule has 7 N–H and O–H groups in total. The Labute approximate surface area is 267 Å². The van der Waals surface area contributed by atoms with E-state index in [0.717, 1.165) is 6.07 Å². The number of anilines is 2. The highest BCUT2D eigenvalue weighted by Crippen LogP contribution is 2.42. The number of phenolic OH excluding ortho intramolecular Hbond substituents is 2. The number of ether oxygens (including phenoxy) is 3. The van der Waals surface area contributed by atoms with Crippen molar-refractivity contribution in [3.8, 4) is 11.5 Å². The molecule has 1 aromatic heterocycles. The number of rotatable bonds is 5. The van der Waals surface area contributed by atoms with Crippen molar-refractivity contribution in [3.05, 3.63) is 76.8 Å². The van der Waals surface area contributed by atoms with Gasteiger partial charge in [0.15, 0.2) is 11.9 Å². The first-order chi connectivity index (χ1) is 21.8. The maximum atomic E-state index is 13.1. The van der Waals surface area contributed by atoms with Crippen molar-refractivity contribution in [2.45, 2.75) is 58.5 Å². The van der Waals surface area contributed by atoms with Gasteiger partial charge >= 0.3 is 6.09 Å². The zero-order valence-corrected chi connectivity index (χ0v) is 26.6. The molecule has 1 aromatic carbocycles. The molecule has 0 saturated carbocycles. The van der Waals surface area contributed by atoms with Gasteiger partial charge in [-0.15, -0.1) is 0 Å². The summed E-state index contributed by atoms with van der Waals surface area (Å²) in [6.45, 7) is 6.71. The molecule has 0 aliphatic carbocycles. The van der Waals surface area contributed by atoms with E-state index in [-0.39, 0.29) is 34.7 Å². The van der Waals surface area contributed by atoms with Gasteiger partial charge in [0.1, 0.15) is 17.6 Å². The molecule has 0 saturated heterocycles. The normalized spacial score (nSPS) is 23.1. The molecule has 13 heteroatoms. The van der Waals surface area contributed by atoms with Crippen LogP contribution in [0.25, 0.3) is 6.08 Å². The van der Waals surface area contributed by atoms with E-state index in [1.807, 2.05) is 0 Å². The summed E-state index contributed by atoms with van der Waals surface area (Å²) in [6, 6.07) is 4.06. The van der Waals surface area contributed by atoms with Crippen LogP contribution in [-0.2, 0) is 19.0 Å². The third-order valence-electron chi connectivity index (χ3n) is 7.48. The molecular formula is C33H41N3O10. The number of nitrogens with one attached hydrogen (secondary N) is 2. The van der Waals surface area contributed by atoms with Gasteiger partial charge in [-0.3, -0.25) is 9.59 Å². The van der Waals surface area contributed by atoms with E-state index in [1.165, 1.54) is 57.8 Å². The third-order valence-corrected chi connectivity index (χ3v) is 7.48. The highest BCUT2D eigenvalue weighted by atomic mass is 16.6. The van der Waals surface area contributed by atoms with Crippen LogP contribution in [0.4, 0.5) is 16.2 Å². The average Bonchev–Trinajstić information content (AvgIpc) is 3.55. The quantitative estimate of drug-likeness (QED) is 0.152. The van der Waals surface area contributed by atoms with Gasteiger partial charge in [0.25, 0.3) is 11.8 Å². The molecule has 248 valence electrons. The third kappa shape index (κ3) is 8.87. The first-order valence-electron chi connectivity index (χ1n) is 14.4. The predicted molar refractivity (Wildman–Crippen MR) is 171 cm³/mol. The molecule has 0 radical (unpaired) electrons. The van der Waals surface area contributed by atoms with Crippen molar-refractivity contribution >= 4 is 35.4 Å². The van der Waals surface area contributed by atoms with E-state index < -0.39 is 59.7 Å². The second kappa shape index (κ2) is 15.9. The predicted octanol–water partition coefficient (Wildman–Crippen LogP) is 4.63. The second-order valence-corrected chi connectivity index (χ2v) is 11.0. The molecule has 0 unspecified atom stereocenters. The molecular weight excluding hydrogens is 598 g/mol. The molecule has 13 nitrogen and oxygen atoms in total. The Morgan fingerprint density at radius 3 is 2.48 bits per heavy atom. The van der Waals surface area contributed by atoms with E-state index in [1.54, 1.807) is 32.9 Å². The Bertz CT molecular complexity index is 1540. The maximum Gasteiger partial charge on any atom is 0.405 e. The van der Waals surface area contributed by atoms with Crippen LogP contribution >= 0.6 is 0 Å². The minimum absolute atomic E-state index is 0.00494. The highest BCUT2D eigenvalue weighted by Gasteiger charge is 2.29. The Morgan fingerprint density at radius 2 is 1.87 bits per heavy atom. The summed E-state index contributed by atoms with van der Waals surface area (Å²) in [4.78, 5) is 37.7. The number of hydrogen-bond donors (Lipinski definition) is 6. The fourth-order valence-corrected chi connectivity index (χ4v) is 4.99. The molecule has 0 spiro atoms. The molecule has 1 aliphatic rings. The Hall–Kier alpha value is -4.85. The molecule has 1 aliphatic heterocycles. The standard InChI is InChI=1S/C33H41N3O10/c1-17-13-21-27(36-32(41)25-11-8-12-45-25)23(37)16-22(29(21)39)35-31(40)18(2)9-7-10-24(43-5)30(46-33(34)42)20(4)15-19(3)28(38)26(14-17)44-6/h7-13,15-16,19,24,26,28,30,37-39H,14H2,1-6H3,(H2,34,42)(H,35,40)(H,36,41)/t19-,24-,26-,28+,30-/m0/s1. The number of methoxy groups -OCH3 is 2. The topological polar surface area (TPSA) is 203 Å². The Balaban J connectivity index is 2.18. The van der Waals surface area contributed by atoms with Crippen molar-refractivity contribution in [2.75, 3.05) is 24.9 Å². The summed E-state index contributed by atoms with van der Waals surface area (Å²) in [7, 11) is 2.86. The lowest BCUT2D eigenvalue weighted by atomic mass is 9.91. The second-order valence-electron chi connectivity index (χ2n) is 11.0.